The van der Waals surface area contributed by atoms with Gasteiger partial charge in [-0.15, -0.1) is 0 Å². The van der Waals surface area contributed by atoms with E-state index >= 15 is 0 Å². The Morgan fingerprint density at radius 3 is 2.63 bits per heavy atom. The largest absolute Gasteiger partial charge is 0.494 e. The van der Waals surface area contributed by atoms with Crippen LogP contribution in [0.5, 0.6) is 5.75 Å². The van der Waals surface area contributed by atoms with E-state index in [1.165, 1.54) is 31.4 Å². The summed E-state index contributed by atoms with van der Waals surface area (Å²) >= 11 is 0. The highest BCUT2D eigenvalue weighted by Gasteiger charge is 2.18. The average molecular weight is 363 g/mol. The summed E-state index contributed by atoms with van der Waals surface area (Å²) in [5.74, 6) is 0.674. The zero-order chi connectivity index (χ0) is 18.8. The summed E-state index contributed by atoms with van der Waals surface area (Å²) < 4.78 is 18.5. The lowest BCUT2D eigenvalue weighted by atomic mass is 10.1. The molecule has 0 aliphatic carbocycles. The molecule has 2 aromatic carbocycles. The molecule has 2 N–H and O–H groups in total. The predicted octanol–water partition coefficient (Wildman–Crippen LogP) is 3.48. The van der Waals surface area contributed by atoms with Gasteiger partial charge in [0.05, 0.1) is 13.3 Å². The first-order valence-electron chi connectivity index (χ1n) is 8.07. The van der Waals surface area contributed by atoms with Gasteiger partial charge in [0, 0.05) is 17.0 Å². The number of carbonyl (C=O) groups is 1. The van der Waals surface area contributed by atoms with Crippen molar-refractivity contribution in [2.75, 3.05) is 12.4 Å². The van der Waals surface area contributed by atoms with Crippen LogP contribution in [0.25, 0.3) is 10.9 Å². The van der Waals surface area contributed by atoms with Crippen molar-refractivity contribution in [3.63, 3.8) is 0 Å². The number of ketones is 1. The van der Waals surface area contributed by atoms with Crippen LogP contribution < -0.4 is 10.1 Å². The molecular formula is C19H14FN5O2. The van der Waals surface area contributed by atoms with E-state index in [0.717, 1.165) is 0 Å². The molecule has 2 heterocycles. The monoisotopic (exact) mass is 363 g/mol. The summed E-state index contributed by atoms with van der Waals surface area (Å²) in [6.45, 7) is 0. The number of aromatic nitrogens is 4. The standard InChI is InChI=1S/C19H14FN5O2/c1-27-14-4-2-3-13-16(14)23-19(17(26)11-5-7-12(20)8-6-11)24-18(13)22-15-9-10-21-25-15/h2-10H,1H3,(H2,21,22,23,24,25). The maximum absolute atomic E-state index is 13.2. The summed E-state index contributed by atoms with van der Waals surface area (Å²) in [5.41, 5.74) is 0.778. The van der Waals surface area contributed by atoms with Crippen molar-refractivity contribution in [3.8, 4) is 5.75 Å². The molecule has 0 spiro atoms. The maximum Gasteiger partial charge on any atom is 0.230 e. The summed E-state index contributed by atoms with van der Waals surface area (Å²) in [6.07, 6.45) is 1.59. The first kappa shape index (κ1) is 16.6. The molecule has 0 atom stereocenters. The van der Waals surface area contributed by atoms with E-state index in [2.05, 4.69) is 25.5 Å². The summed E-state index contributed by atoms with van der Waals surface area (Å²) in [7, 11) is 1.53. The van der Waals surface area contributed by atoms with Gasteiger partial charge in [0.25, 0.3) is 0 Å². The van der Waals surface area contributed by atoms with Gasteiger partial charge in [0.1, 0.15) is 28.7 Å². The van der Waals surface area contributed by atoms with E-state index in [1.54, 1.807) is 18.3 Å². The molecule has 134 valence electrons. The summed E-state index contributed by atoms with van der Waals surface area (Å²) in [6, 6.07) is 12.4. The molecule has 0 radical (unpaired) electrons. The fourth-order valence-corrected chi connectivity index (χ4v) is 2.67. The van der Waals surface area contributed by atoms with Crippen LogP contribution in [0.1, 0.15) is 16.2 Å². The van der Waals surface area contributed by atoms with Gasteiger partial charge in [-0.1, -0.05) is 6.07 Å². The van der Waals surface area contributed by atoms with Gasteiger partial charge in [-0.3, -0.25) is 9.89 Å². The number of H-pyrrole nitrogens is 1. The Labute approximate surface area is 153 Å². The number of nitrogens with one attached hydrogen (secondary N) is 2. The summed E-state index contributed by atoms with van der Waals surface area (Å²) in [5, 5.41) is 10.5. The minimum atomic E-state index is -0.422. The number of rotatable bonds is 5. The molecule has 0 saturated heterocycles. The Balaban J connectivity index is 1.87. The number of benzene rings is 2. The molecule has 4 rings (SSSR count). The van der Waals surface area contributed by atoms with Crippen LogP contribution in [0.2, 0.25) is 0 Å². The Hall–Kier alpha value is -3.81. The van der Waals surface area contributed by atoms with Gasteiger partial charge >= 0.3 is 0 Å². The van der Waals surface area contributed by atoms with Gasteiger partial charge < -0.3 is 10.1 Å². The third kappa shape index (κ3) is 3.20. The van der Waals surface area contributed by atoms with Gasteiger partial charge in [-0.05, 0) is 36.4 Å². The lowest BCUT2D eigenvalue weighted by molar-refractivity contribution is 0.103. The third-order valence-corrected chi connectivity index (χ3v) is 3.97. The second-order valence-corrected chi connectivity index (χ2v) is 5.68. The fraction of sp³-hybridized carbons (Fsp3) is 0.0526. The predicted molar refractivity (Wildman–Crippen MR) is 97.8 cm³/mol. The van der Waals surface area contributed by atoms with E-state index in [1.807, 2.05) is 12.1 Å². The van der Waals surface area contributed by atoms with Crippen molar-refractivity contribution in [1.82, 2.24) is 20.2 Å². The van der Waals surface area contributed by atoms with Gasteiger partial charge in [0.2, 0.25) is 11.6 Å². The molecule has 0 fully saturated rings. The molecule has 0 saturated carbocycles. The molecule has 8 heteroatoms. The molecule has 0 bridgehead atoms. The number of fused-ring (bicyclic) bond motifs is 1. The minimum Gasteiger partial charge on any atom is -0.494 e. The van der Waals surface area contributed by atoms with Crippen molar-refractivity contribution >= 4 is 28.3 Å². The van der Waals surface area contributed by atoms with Crippen LogP contribution in [0.15, 0.2) is 54.7 Å². The zero-order valence-electron chi connectivity index (χ0n) is 14.2. The van der Waals surface area contributed by atoms with E-state index in [4.69, 9.17) is 4.74 Å². The summed E-state index contributed by atoms with van der Waals surface area (Å²) in [4.78, 5) is 21.6. The van der Waals surface area contributed by atoms with Crippen LogP contribution in [0, 0.1) is 5.82 Å². The molecular weight excluding hydrogens is 349 g/mol. The highest BCUT2D eigenvalue weighted by molar-refractivity contribution is 6.08. The van der Waals surface area contributed by atoms with Crippen LogP contribution >= 0.6 is 0 Å². The van der Waals surface area contributed by atoms with E-state index in [-0.39, 0.29) is 11.4 Å². The first-order valence-corrected chi connectivity index (χ1v) is 8.07. The van der Waals surface area contributed by atoms with Gasteiger partial charge in [0.15, 0.2) is 0 Å². The number of aromatic amines is 1. The Kier molecular flexibility index (Phi) is 4.21. The van der Waals surface area contributed by atoms with Gasteiger partial charge in [-0.25, -0.2) is 14.4 Å². The molecule has 0 aliphatic heterocycles. The number of hydrogen-bond acceptors (Lipinski definition) is 6. The minimum absolute atomic E-state index is 0.0272. The van der Waals surface area contributed by atoms with Crippen LogP contribution in [0.4, 0.5) is 16.0 Å². The number of methoxy groups -OCH3 is 1. The number of para-hydroxylation sites is 1. The van der Waals surface area contributed by atoms with Crippen molar-refractivity contribution in [3.05, 3.63) is 71.9 Å². The maximum atomic E-state index is 13.2. The fourth-order valence-electron chi connectivity index (χ4n) is 2.67. The second-order valence-electron chi connectivity index (χ2n) is 5.68. The highest BCUT2D eigenvalue weighted by atomic mass is 19.1. The molecule has 7 nitrogen and oxygen atoms in total. The van der Waals surface area contributed by atoms with E-state index in [0.29, 0.717) is 28.3 Å². The van der Waals surface area contributed by atoms with Crippen LogP contribution in [-0.4, -0.2) is 33.1 Å². The average Bonchev–Trinajstić information content (AvgIpc) is 3.20. The van der Waals surface area contributed by atoms with Crippen molar-refractivity contribution < 1.29 is 13.9 Å². The second kappa shape index (κ2) is 6.83. The molecule has 4 aromatic rings. The molecule has 0 amide bonds. The van der Waals surface area contributed by atoms with Gasteiger partial charge in [-0.2, -0.15) is 5.10 Å². The van der Waals surface area contributed by atoms with Crippen LogP contribution in [0.3, 0.4) is 0 Å². The highest BCUT2D eigenvalue weighted by Crippen LogP contribution is 2.30. The van der Waals surface area contributed by atoms with Crippen molar-refractivity contribution in [1.29, 1.82) is 0 Å². The zero-order valence-corrected chi connectivity index (χ0v) is 14.2. The third-order valence-electron chi connectivity index (χ3n) is 3.97. The lowest BCUT2D eigenvalue weighted by Gasteiger charge is -2.11. The molecule has 0 unspecified atom stereocenters. The van der Waals surface area contributed by atoms with E-state index in [9.17, 15) is 9.18 Å². The smallest absolute Gasteiger partial charge is 0.230 e. The number of halogens is 1. The number of carbonyl (C=O) groups excluding carboxylic acids is 1. The lowest BCUT2D eigenvalue weighted by Crippen LogP contribution is -2.10. The molecule has 0 aliphatic rings. The molecule has 27 heavy (non-hydrogen) atoms. The Morgan fingerprint density at radius 1 is 1.11 bits per heavy atom. The number of hydrogen-bond donors (Lipinski definition) is 2. The number of ether oxygens (including phenoxy) is 1. The van der Waals surface area contributed by atoms with Crippen molar-refractivity contribution in [2.24, 2.45) is 0 Å². The number of anilines is 2. The van der Waals surface area contributed by atoms with Crippen LogP contribution in [-0.2, 0) is 0 Å². The normalized spacial score (nSPS) is 10.7. The van der Waals surface area contributed by atoms with E-state index < -0.39 is 11.6 Å². The quantitative estimate of drug-likeness (QED) is 0.528. The Morgan fingerprint density at radius 2 is 1.93 bits per heavy atom. The number of nitrogens with zero attached hydrogens (tertiary/aromatic N) is 3. The topological polar surface area (TPSA) is 92.8 Å². The van der Waals surface area contributed by atoms with Crippen molar-refractivity contribution in [2.45, 2.75) is 0 Å². The first-order chi connectivity index (χ1) is 13.2. The Bertz CT molecular complexity index is 1110. The SMILES string of the molecule is COc1cccc2c(Nc3ccn[nH]3)nc(C(=O)c3ccc(F)cc3)nc12. The molecule has 2 aromatic heterocycles.